The molecule has 160 valence electrons. The molecule has 0 aliphatic heterocycles. The number of amides is 2. The molecule has 2 amide bonds. The number of carbonyl (C=O) groups excluding carboxylic acids is 2. The Morgan fingerprint density at radius 3 is 2.27 bits per heavy atom. The molecule has 1 saturated carbocycles. The summed E-state index contributed by atoms with van der Waals surface area (Å²) in [4.78, 5) is 24.7. The van der Waals surface area contributed by atoms with Crippen LogP contribution in [-0.4, -0.2) is 18.4 Å². The number of unbranched alkanes of at least 4 members (excludes halogenated alkanes) is 4. The fourth-order valence-electron chi connectivity index (χ4n) is 3.28. The van der Waals surface area contributed by atoms with E-state index in [9.17, 15) is 9.59 Å². The first-order chi connectivity index (χ1) is 14.6. The third kappa shape index (κ3) is 6.34. The number of hydrogen-bond donors (Lipinski definition) is 2. The molecule has 1 fully saturated rings. The van der Waals surface area contributed by atoms with Gasteiger partial charge in [0, 0.05) is 22.9 Å². The smallest absolute Gasteiger partial charge is 0.255 e. The summed E-state index contributed by atoms with van der Waals surface area (Å²) in [6.45, 7) is 4.81. The molecule has 2 aromatic carbocycles. The first-order valence-electron chi connectivity index (χ1n) is 11.0. The van der Waals surface area contributed by atoms with Gasteiger partial charge in [-0.1, -0.05) is 38.7 Å². The minimum atomic E-state index is -0.185. The van der Waals surface area contributed by atoms with Gasteiger partial charge in [0.2, 0.25) is 5.91 Å². The third-order valence-electron chi connectivity index (χ3n) is 5.42. The molecule has 1 aliphatic rings. The van der Waals surface area contributed by atoms with E-state index in [1.807, 2.05) is 37.3 Å². The molecule has 0 radical (unpaired) electrons. The second-order valence-corrected chi connectivity index (χ2v) is 7.98. The molecule has 0 aromatic heterocycles. The van der Waals surface area contributed by atoms with Crippen molar-refractivity contribution in [3.05, 3.63) is 53.6 Å². The zero-order chi connectivity index (χ0) is 21.3. The summed E-state index contributed by atoms with van der Waals surface area (Å²) < 4.78 is 5.76. The van der Waals surface area contributed by atoms with Crippen molar-refractivity contribution in [3.63, 3.8) is 0 Å². The van der Waals surface area contributed by atoms with Gasteiger partial charge in [-0.2, -0.15) is 0 Å². The fourth-order valence-corrected chi connectivity index (χ4v) is 3.28. The Kier molecular flexibility index (Phi) is 7.89. The van der Waals surface area contributed by atoms with E-state index in [0.29, 0.717) is 17.9 Å². The molecule has 5 heteroatoms. The van der Waals surface area contributed by atoms with E-state index in [1.54, 1.807) is 12.1 Å². The summed E-state index contributed by atoms with van der Waals surface area (Å²) in [6, 6.07) is 12.8. The van der Waals surface area contributed by atoms with Crippen LogP contribution in [-0.2, 0) is 4.79 Å². The van der Waals surface area contributed by atoms with Gasteiger partial charge in [-0.25, -0.2) is 0 Å². The van der Waals surface area contributed by atoms with Gasteiger partial charge in [-0.05, 0) is 68.1 Å². The van der Waals surface area contributed by atoms with Crippen molar-refractivity contribution >= 4 is 23.2 Å². The highest BCUT2D eigenvalue weighted by atomic mass is 16.5. The van der Waals surface area contributed by atoms with E-state index in [4.69, 9.17) is 4.74 Å². The summed E-state index contributed by atoms with van der Waals surface area (Å²) in [5.74, 6) is 0.792. The topological polar surface area (TPSA) is 67.4 Å². The average Bonchev–Trinajstić information content (AvgIpc) is 3.59. The van der Waals surface area contributed by atoms with Crippen molar-refractivity contribution in [1.82, 2.24) is 0 Å². The highest BCUT2D eigenvalue weighted by molar-refractivity contribution is 6.05. The molecule has 0 heterocycles. The molecule has 2 aromatic rings. The molecule has 2 N–H and O–H groups in total. The highest BCUT2D eigenvalue weighted by Crippen LogP contribution is 2.31. The normalized spacial score (nSPS) is 13.0. The van der Waals surface area contributed by atoms with E-state index in [0.717, 1.165) is 36.3 Å². The van der Waals surface area contributed by atoms with Crippen LogP contribution >= 0.6 is 0 Å². The summed E-state index contributed by atoms with van der Waals surface area (Å²) in [5, 5.41) is 5.91. The summed E-state index contributed by atoms with van der Waals surface area (Å²) in [7, 11) is 0. The van der Waals surface area contributed by atoms with Gasteiger partial charge in [-0.15, -0.1) is 0 Å². The van der Waals surface area contributed by atoms with E-state index >= 15 is 0 Å². The molecule has 0 unspecified atom stereocenters. The Labute approximate surface area is 179 Å². The van der Waals surface area contributed by atoms with Crippen LogP contribution in [0.5, 0.6) is 5.75 Å². The van der Waals surface area contributed by atoms with Crippen LogP contribution in [0.25, 0.3) is 0 Å². The highest BCUT2D eigenvalue weighted by Gasteiger charge is 2.29. The van der Waals surface area contributed by atoms with Crippen LogP contribution in [0.3, 0.4) is 0 Å². The lowest BCUT2D eigenvalue weighted by atomic mass is 10.1. The molecule has 0 bridgehead atoms. The van der Waals surface area contributed by atoms with Crippen LogP contribution in [0.2, 0.25) is 0 Å². The quantitative estimate of drug-likeness (QED) is 0.452. The SMILES string of the molecule is CCCCCCCOc1ccc(C(=O)Nc2cccc(NC(=O)C3CC3)c2C)cc1. The zero-order valence-electron chi connectivity index (χ0n) is 18.0. The van der Waals surface area contributed by atoms with Gasteiger partial charge >= 0.3 is 0 Å². The standard InChI is InChI=1S/C25H32N2O3/c1-3-4-5-6-7-17-30-21-15-13-20(14-16-21)25(29)27-23-10-8-9-22(18(23)2)26-24(28)19-11-12-19/h8-10,13-16,19H,3-7,11-12,17H2,1-2H3,(H,26,28)(H,27,29). The van der Waals surface area contributed by atoms with Crippen LogP contribution in [0.1, 0.15) is 67.8 Å². The van der Waals surface area contributed by atoms with Gasteiger partial charge in [0.15, 0.2) is 0 Å². The van der Waals surface area contributed by atoms with Gasteiger partial charge in [0.1, 0.15) is 5.75 Å². The number of rotatable bonds is 11. The molecule has 3 rings (SSSR count). The second kappa shape index (κ2) is 10.8. The number of nitrogens with one attached hydrogen (secondary N) is 2. The second-order valence-electron chi connectivity index (χ2n) is 7.98. The van der Waals surface area contributed by atoms with Crippen molar-refractivity contribution in [2.45, 2.75) is 58.8 Å². The average molecular weight is 409 g/mol. The van der Waals surface area contributed by atoms with E-state index in [-0.39, 0.29) is 17.7 Å². The van der Waals surface area contributed by atoms with Crippen molar-refractivity contribution in [1.29, 1.82) is 0 Å². The van der Waals surface area contributed by atoms with Crippen LogP contribution in [0.15, 0.2) is 42.5 Å². The number of benzene rings is 2. The van der Waals surface area contributed by atoms with Gasteiger partial charge in [0.25, 0.3) is 5.91 Å². The summed E-state index contributed by atoms with van der Waals surface area (Å²) >= 11 is 0. The molecule has 5 nitrogen and oxygen atoms in total. The Hall–Kier alpha value is -2.82. The van der Waals surface area contributed by atoms with Gasteiger partial charge in [-0.3, -0.25) is 9.59 Å². The molecular formula is C25H32N2O3. The summed E-state index contributed by atoms with van der Waals surface area (Å²) in [6.07, 6.45) is 7.93. The Balaban J connectivity index is 1.52. The maximum atomic E-state index is 12.7. The van der Waals surface area contributed by atoms with Crippen molar-refractivity contribution in [2.75, 3.05) is 17.2 Å². The monoisotopic (exact) mass is 408 g/mol. The minimum Gasteiger partial charge on any atom is -0.494 e. The lowest BCUT2D eigenvalue weighted by molar-refractivity contribution is -0.117. The zero-order valence-corrected chi connectivity index (χ0v) is 18.0. The lowest BCUT2D eigenvalue weighted by Crippen LogP contribution is -2.16. The first kappa shape index (κ1) is 21.9. The number of ether oxygens (including phenoxy) is 1. The third-order valence-corrected chi connectivity index (χ3v) is 5.42. The van der Waals surface area contributed by atoms with Crippen LogP contribution < -0.4 is 15.4 Å². The number of hydrogen-bond acceptors (Lipinski definition) is 3. The maximum absolute atomic E-state index is 12.7. The predicted octanol–water partition coefficient (Wildman–Crippen LogP) is 5.95. The molecule has 30 heavy (non-hydrogen) atoms. The minimum absolute atomic E-state index is 0.0579. The number of carbonyl (C=O) groups is 2. The number of anilines is 2. The molecule has 0 spiro atoms. The van der Waals surface area contributed by atoms with Gasteiger partial charge in [0.05, 0.1) is 6.61 Å². The first-order valence-corrected chi connectivity index (χ1v) is 11.0. The molecule has 0 saturated heterocycles. The van der Waals surface area contributed by atoms with Crippen molar-refractivity contribution in [2.24, 2.45) is 5.92 Å². The fraction of sp³-hybridized carbons (Fsp3) is 0.440. The lowest BCUT2D eigenvalue weighted by Gasteiger charge is -2.13. The predicted molar refractivity (Wildman–Crippen MR) is 121 cm³/mol. The largest absolute Gasteiger partial charge is 0.494 e. The van der Waals surface area contributed by atoms with Crippen LogP contribution in [0.4, 0.5) is 11.4 Å². The van der Waals surface area contributed by atoms with E-state index in [1.165, 1.54) is 25.7 Å². The molecule has 1 aliphatic carbocycles. The van der Waals surface area contributed by atoms with E-state index < -0.39 is 0 Å². The Morgan fingerprint density at radius 1 is 0.933 bits per heavy atom. The summed E-state index contributed by atoms with van der Waals surface area (Å²) in [5.41, 5.74) is 2.85. The van der Waals surface area contributed by atoms with Crippen LogP contribution in [0, 0.1) is 12.8 Å². The Morgan fingerprint density at radius 2 is 1.60 bits per heavy atom. The Bertz CT molecular complexity index is 857. The van der Waals surface area contributed by atoms with Crippen molar-refractivity contribution < 1.29 is 14.3 Å². The maximum Gasteiger partial charge on any atom is 0.255 e. The van der Waals surface area contributed by atoms with Gasteiger partial charge < -0.3 is 15.4 Å². The molecular weight excluding hydrogens is 376 g/mol. The van der Waals surface area contributed by atoms with Crippen molar-refractivity contribution in [3.8, 4) is 5.75 Å². The molecule has 0 atom stereocenters. The van der Waals surface area contributed by atoms with E-state index in [2.05, 4.69) is 17.6 Å².